The van der Waals surface area contributed by atoms with E-state index < -0.39 is 5.60 Å². The molecule has 0 aliphatic carbocycles. The van der Waals surface area contributed by atoms with Crippen LogP contribution in [0.25, 0.3) is 0 Å². The Kier molecular flexibility index (Phi) is 2.65. The molecule has 60 valence electrons. The van der Waals surface area contributed by atoms with Crippen LogP contribution in [0.4, 0.5) is 0 Å². The molecule has 1 fully saturated rings. The van der Waals surface area contributed by atoms with Crippen LogP contribution in [0.5, 0.6) is 0 Å². The molecular weight excluding hydrogens is 130 g/mol. The minimum Gasteiger partial charge on any atom is -0.393 e. The molecule has 0 radical (unpaired) electrons. The summed E-state index contributed by atoms with van der Waals surface area (Å²) in [5, 5.41) is 21.5. The molecule has 1 aliphatic rings. The van der Waals surface area contributed by atoms with Gasteiger partial charge in [0.05, 0.1) is 12.2 Å². The highest BCUT2D eigenvalue weighted by molar-refractivity contribution is 4.80. The molecule has 1 atom stereocenters. The Hall–Kier alpha value is -0.120. The Labute approximate surface area is 61.1 Å². The molecule has 0 aromatic heterocycles. The molecule has 0 saturated carbocycles. The van der Waals surface area contributed by atoms with Gasteiger partial charge in [0, 0.05) is 0 Å². The largest absolute Gasteiger partial charge is 0.393 e. The second-order valence-electron chi connectivity index (χ2n) is 2.99. The number of aliphatic hydroxyl groups is 2. The first kappa shape index (κ1) is 7.98. The van der Waals surface area contributed by atoms with Crippen LogP contribution in [0.1, 0.15) is 19.3 Å². The van der Waals surface area contributed by atoms with E-state index in [0.29, 0.717) is 6.42 Å². The van der Waals surface area contributed by atoms with Crippen LogP contribution in [0.15, 0.2) is 0 Å². The van der Waals surface area contributed by atoms with Gasteiger partial charge in [-0.1, -0.05) is 0 Å². The summed E-state index contributed by atoms with van der Waals surface area (Å²) < 4.78 is 0. The summed E-state index contributed by atoms with van der Waals surface area (Å²) in [7, 11) is 0. The van der Waals surface area contributed by atoms with Crippen molar-refractivity contribution in [3.8, 4) is 0 Å². The first-order chi connectivity index (χ1) is 4.77. The fourth-order valence-electron chi connectivity index (χ4n) is 1.27. The molecule has 10 heavy (non-hydrogen) atoms. The lowest BCUT2D eigenvalue weighted by molar-refractivity contribution is -0.0235. The lowest BCUT2D eigenvalue weighted by Crippen LogP contribution is -2.33. The Morgan fingerprint density at radius 2 is 2.10 bits per heavy atom. The van der Waals surface area contributed by atoms with E-state index in [1.54, 1.807) is 0 Å². The number of hydrogen-bond donors (Lipinski definition) is 3. The number of nitrogens with one attached hydrogen (secondary N) is 1. The van der Waals surface area contributed by atoms with Gasteiger partial charge in [0.15, 0.2) is 0 Å². The summed E-state index contributed by atoms with van der Waals surface area (Å²) in [6.07, 6.45) is 2.34. The summed E-state index contributed by atoms with van der Waals surface area (Å²) in [5.41, 5.74) is -0.802. The molecule has 0 aromatic rings. The van der Waals surface area contributed by atoms with Crippen molar-refractivity contribution in [2.45, 2.75) is 24.9 Å². The van der Waals surface area contributed by atoms with Crippen LogP contribution in [0.3, 0.4) is 0 Å². The van der Waals surface area contributed by atoms with Gasteiger partial charge in [0.25, 0.3) is 0 Å². The monoisotopic (exact) mass is 145 g/mol. The highest BCUT2D eigenvalue weighted by Crippen LogP contribution is 2.17. The van der Waals surface area contributed by atoms with Crippen molar-refractivity contribution < 1.29 is 10.2 Å². The fraction of sp³-hybridized carbons (Fsp3) is 1.00. The van der Waals surface area contributed by atoms with Gasteiger partial charge >= 0.3 is 0 Å². The Bertz CT molecular complexity index is 97.8. The zero-order valence-electron chi connectivity index (χ0n) is 6.14. The predicted molar refractivity (Wildman–Crippen MR) is 38.8 cm³/mol. The fourth-order valence-corrected chi connectivity index (χ4v) is 1.27. The molecule has 0 unspecified atom stereocenters. The van der Waals surface area contributed by atoms with Crippen molar-refractivity contribution in [1.82, 2.24) is 5.32 Å². The van der Waals surface area contributed by atoms with E-state index in [0.717, 1.165) is 25.9 Å². The third-order valence-electron chi connectivity index (χ3n) is 2.06. The standard InChI is InChI=1S/C7H15NO2/c9-6-7(10)2-1-4-8-5-3-7/h8-10H,1-6H2/t7-/m0/s1. The summed E-state index contributed by atoms with van der Waals surface area (Å²) in [5.74, 6) is 0. The van der Waals surface area contributed by atoms with Gasteiger partial charge in [0.1, 0.15) is 0 Å². The van der Waals surface area contributed by atoms with E-state index in [4.69, 9.17) is 5.11 Å². The molecule has 1 rings (SSSR count). The Balaban J connectivity index is 2.41. The number of rotatable bonds is 1. The zero-order chi connectivity index (χ0) is 7.45. The molecule has 0 bridgehead atoms. The van der Waals surface area contributed by atoms with Crippen molar-refractivity contribution in [3.63, 3.8) is 0 Å². The Morgan fingerprint density at radius 3 is 2.80 bits per heavy atom. The summed E-state index contributed by atoms with van der Waals surface area (Å²) in [6, 6.07) is 0. The van der Waals surface area contributed by atoms with Crippen molar-refractivity contribution in [2.75, 3.05) is 19.7 Å². The summed E-state index contributed by atoms with van der Waals surface area (Å²) in [6.45, 7) is 1.67. The minimum absolute atomic E-state index is 0.103. The Morgan fingerprint density at radius 1 is 1.30 bits per heavy atom. The van der Waals surface area contributed by atoms with Crippen molar-refractivity contribution in [3.05, 3.63) is 0 Å². The third-order valence-corrected chi connectivity index (χ3v) is 2.06. The van der Waals surface area contributed by atoms with Crippen LogP contribution in [-0.4, -0.2) is 35.5 Å². The maximum Gasteiger partial charge on any atom is 0.0889 e. The van der Waals surface area contributed by atoms with Gasteiger partial charge in [-0.25, -0.2) is 0 Å². The van der Waals surface area contributed by atoms with Crippen LogP contribution in [0, 0.1) is 0 Å². The normalized spacial score (nSPS) is 35.4. The average molecular weight is 145 g/mol. The van der Waals surface area contributed by atoms with Gasteiger partial charge in [-0.15, -0.1) is 0 Å². The number of aliphatic hydroxyl groups excluding tert-OH is 1. The smallest absolute Gasteiger partial charge is 0.0889 e. The van der Waals surface area contributed by atoms with Gasteiger partial charge in [-0.05, 0) is 32.4 Å². The average Bonchev–Trinajstić information content (AvgIpc) is 2.15. The lowest BCUT2D eigenvalue weighted by Gasteiger charge is -2.22. The molecule has 3 nitrogen and oxygen atoms in total. The van der Waals surface area contributed by atoms with Gasteiger partial charge in [-0.2, -0.15) is 0 Å². The first-order valence-electron chi connectivity index (χ1n) is 3.81. The van der Waals surface area contributed by atoms with Gasteiger partial charge < -0.3 is 15.5 Å². The third kappa shape index (κ3) is 1.94. The van der Waals surface area contributed by atoms with E-state index in [1.807, 2.05) is 0 Å². The molecule has 1 saturated heterocycles. The lowest BCUT2D eigenvalue weighted by atomic mass is 9.96. The van der Waals surface area contributed by atoms with E-state index >= 15 is 0 Å². The van der Waals surface area contributed by atoms with E-state index in [-0.39, 0.29) is 6.61 Å². The minimum atomic E-state index is -0.802. The SMILES string of the molecule is OC[C@]1(O)CCCNCC1. The second kappa shape index (κ2) is 3.32. The topological polar surface area (TPSA) is 52.5 Å². The van der Waals surface area contributed by atoms with Gasteiger partial charge in [0.2, 0.25) is 0 Å². The van der Waals surface area contributed by atoms with Crippen LogP contribution < -0.4 is 5.32 Å². The van der Waals surface area contributed by atoms with Crippen molar-refractivity contribution in [1.29, 1.82) is 0 Å². The van der Waals surface area contributed by atoms with E-state index in [2.05, 4.69) is 5.32 Å². The number of hydrogen-bond acceptors (Lipinski definition) is 3. The highest BCUT2D eigenvalue weighted by atomic mass is 16.3. The highest BCUT2D eigenvalue weighted by Gasteiger charge is 2.26. The maximum atomic E-state index is 9.57. The van der Waals surface area contributed by atoms with E-state index in [9.17, 15) is 5.11 Å². The molecule has 3 heteroatoms. The molecular formula is C7H15NO2. The molecule has 1 aliphatic heterocycles. The predicted octanol–water partition coefficient (Wildman–Crippen LogP) is -0.517. The zero-order valence-corrected chi connectivity index (χ0v) is 6.14. The van der Waals surface area contributed by atoms with Crippen molar-refractivity contribution >= 4 is 0 Å². The van der Waals surface area contributed by atoms with Crippen LogP contribution in [0.2, 0.25) is 0 Å². The molecule has 0 aromatic carbocycles. The first-order valence-corrected chi connectivity index (χ1v) is 3.81. The van der Waals surface area contributed by atoms with Gasteiger partial charge in [-0.3, -0.25) is 0 Å². The second-order valence-corrected chi connectivity index (χ2v) is 2.99. The van der Waals surface area contributed by atoms with E-state index in [1.165, 1.54) is 0 Å². The van der Waals surface area contributed by atoms with Crippen LogP contribution >= 0.6 is 0 Å². The van der Waals surface area contributed by atoms with Crippen molar-refractivity contribution in [2.24, 2.45) is 0 Å². The molecule has 3 N–H and O–H groups in total. The summed E-state index contributed by atoms with van der Waals surface area (Å²) >= 11 is 0. The maximum absolute atomic E-state index is 9.57. The molecule has 1 heterocycles. The quantitative estimate of drug-likeness (QED) is 0.465. The van der Waals surface area contributed by atoms with Crippen LogP contribution in [-0.2, 0) is 0 Å². The summed E-state index contributed by atoms with van der Waals surface area (Å²) in [4.78, 5) is 0. The molecule has 0 spiro atoms. The molecule has 0 amide bonds.